The minimum absolute atomic E-state index is 0.181. The number of nitrogens with one attached hydrogen (secondary N) is 1. The number of hydrogen-bond donors (Lipinski definition) is 1. The number of nitrogens with zero attached hydrogens (tertiary/aromatic N) is 1. The van der Waals surface area contributed by atoms with Crippen molar-refractivity contribution in [3.63, 3.8) is 0 Å². The molecule has 2 amide bonds. The van der Waals surface area contributed by atoms with Gasteiger partial charge in [-0.15, -0.1) is 0 Å². The SMILES string of the molecule is CCNC(=O)[C@@H](Cc1ccccc1)N(Cc1ccc(Cl)c(Cl)c1)C(=O)COc1cccc(C)c1C. The van der Waals surface area contributed by atoms with Crippen LogP contribution in [-0.4, -0.2) is 35.9 Å². The van der Waals surface area contributed by atoms with Crippen LogP contribution in [0.25, 0.3) is 0 Å². The number of amides is 2. The number of hydrogen-bond acceptors (Lipinski definition) is 3. The van der Waals surface area contributed by atoms with Crippen LogP contribution in [0, 0.1) is 13.8 Å². The van der Waals surface area contributed by atoms with Crippen molar-refractivity contribution >= 4 is 35.0 Å². The summed E-state index contributed by atoms with van der Waals surface area (Å²) in [5.74, 6) is 0.117. The van der Waals surface area contributed by atoms with Gasteiger partial charge in [-0.2, -0.15) is 0 Å². The lowest BCUT2D eigenvalue weighted by atomic mass is 10.0. The van der Waals surface area contributed by atoms with E-state index in [0.29, 0.717) is 28.8 Å². The molecule has 0 fully saturated rings. The van der Waals surface area contributed by atoms with Gasteiger partial charge in [-0.25, -0.2) is 0 Å². The largest absolute Gasteiger partial charge is 0.483 e. The normalized spacial score (nSPS) is 11.6. The van der Waals surface area contributed by atoms with E-state index in [1.54, 1.807) is 23.1 Å². The molecule has 0 spiro atoms. The Kier molecular flexibility index (Phi) is 9.58. The predicted molar refractivity (Wildman–Crippen MR) is 141 cm³/mol. The molecule has 0 heterocycles. The number of ether oxygens (including phenoxy) is 1. The summed E-state index contributed by atoms with van der Waals surface area (Å²) in [6.07, 6.45) is 0.364. The molecule has 3 aromatic rings. The first kappa shape index (κ1) is 26.6. The molecule has 1 N–H and O–H groups in total. The monoisotopic (exact) mass is 512 g/mol. The fraction of sp³-hybridized carbons (Fsp3) is 0.286. The van der Waals surface area contributed by atoms with Gasteiger partial charge in [0.1, 0.15) is 11.8 Å². The third-order valence-corrected chi connectivity index (χ3v) is 6.60. The number of carbonyl (C=O) groups is 2. The van der Waals surface area contributed by atoms with Crippen molar-refractivity contribution in [1.82, 2.24) is 10.2 Å². The highest BCUT2D eigenvalue weighted by Crippen LogP contribution is 2.25. The quantitative estimate of drug-likeness (QED) is 0.375. The van der Waals surface area contributed by atoms with E-state index in [0.717, 1.165) is 22.3 Å². The molecule has 1 atom stereocenters. The lowest BCUT2D eigenvalue weighted by molar-refractivity contribution is -0.142. The first-order valence-electron chi connectivity index (χ1n) is 11.5. The standard InChI is InChI=1S/C28H30Cl2N2O3/c1-4-31-28(34)25(16-21-10-6-5-7-11-21)32(17-22-13-14-23(29)24(30)15-22)27(33)18-35-26-12-8-9-19(2)20(26)3/h5-15,25H,4,16-18H2,1-3H3,(H,31,34)/t25-/m1/s1. The molecule has 0 unspecified atom stereocenters. The van der Waals surface area contributed by atoms with Crippen molar-refractivity contribution in [2.75, 3.05) is 13.2 Å². The maximum Gasteiger partial charge on any atom is 0.261 e. The zero-order valence-corrected chi connectivity index (χ0v) is 21.7. The van der Waals surface area contributed by atoms with Gasteiger partial charge in [0.25, 0.3) is 5.91 Å². The van der Waals surface area contributed by atoms with E-state index in [1.807, 2.05) is 69.3 Å². The Morgan fingerprint density at radius 3 is 2.37 bits per heavy atom. The van der Waals surface area contributed by atoms with Gasteiger partial charge >= 0.3 is 0 Å². The lowest BCUT2D eigenvalue weighted by Crippen LogP contribution is -2.51. The van der Waals surface area contributed by atoms with Crippen molar-refractivity contribution in [3.8, 4) is 5.75 Å². The van der Waals surface area contributed by atoms with Crippen molar-refractivity contribution in [3.05, 3.63) is 99.0 Å². The molecular formula is C28H30Cl2N2O3. The molecule has 0 aliphatic rings. The number of carbonyl (C=O) groups excluding carboxylic acids is 2. The zero-order valence-electron chi connectivity index (χ0n) is 20.2. The van der Waals surface area contributed by atoms with Crippen LogP contribution < -0.4 is 10.1 Å². The van der Waals surface area contributed by atoms with Gasteiger partial charge in [0, 0.05) is 19.5 Å². The van der Waals surface area contributed by atoms with Gasteiger partial charge in [0.05, 0.1) is 10.0 Å². The first-order chi connectivity index (χ1) is 16.8. The zero-order chi connectivity index (χ0) is 25.4. The van der Waals surface area contributed by atoms with E-state index in [1.165, 1.54) is 0 Å². The van der Waals surface area contributed by atoms with Crippen LogP contribution in [0.3, 0.4) is 0 Å². The molecule has 0 saturated heterocycles. The maximum absolute atomic E-state index is 13.6. The van der Waals surface area contributed by atoms with Gasteiger partial charge in [-0.3, -0.25) is 9.59 Å². The minimum Gasteiger partial charge on any atom is -0.483 e. The van der Waals surface area contributed by atoms with Crippen LogP contribution in [0.5, 0.6) is 5.75 Å². The smallest absolute Gasteiger partial charge is 0.261 e. The summed E-state index contributed by atoms with van der Waals surface area (Å²) in [6, 6.07) is 19.8. The molecule has 184 valence electrons. The van der Waals surface area contributed by atoms with Crippen molar-refractivity contribution in [2.45, 2.75) is 39.8 Å². The molecule has 3 rings (SSSR count). The van der Waals surface area contributed by atoms with Crippen LogP contribution in [0.2, 0.25) is 10.0 Å². The minimum atomic E-state index is -0.735. The average molecular weight is 513 g/mol. The Labute approximate surface area is 217 Å². The van der Waals surface area contributed by atoms with Gasteiger partial charge in [-0.1, -0.05) is 71.7 Å². The second-order valence-electron chi connectivity index (χ2n) is 8.36. The van der Waals surface area contributed by atoms with Crippen molar-refractivity contribution in [1.29, 1.82) is 0 Å². The number of rotatable bonds is 10. The Morgan fingerprint density at radius 1 is 0.943 bits per heavy atom. The van der Waals surface area contributed by atoms with Crippen molar-refractivity contribution < 1.29 is 14.3 Å². The van der Waals surface area contributed by atoms with Crippen LogP contribution in [0.1, 0.15) is 29.2 Å². The highest BCUT2D eigenvalue weighted by atomic mass is 35.5. The molecule has 0 aliphatic carbocycles. The van der Waals surface area contributed by atoms with E-state index in [-0.39, 0.29) is 25.0 Å². The number of likely N-dealkylation sites (N-methyl/N-ethyl adjacent to an activating group) is 1. The van der Waals surface area contributed by atoms with Crippen molar-refractivity contribution in [2.24, 2.45) is 0 Å². The van der Waals surface area contributed by atoms with E-state index in [9.17, 15) is 9.59 Å². The summed E-state index contributed by atoms with van der Waals surface area (Å²) in [7, 11) is 0. The highest BCUT2D eigenvalue weighted by Gasteiger charge is 2.30. The summed E-state index contributed by atoms with van der Waals surface area (Å²) in [6.45, 7) is 6.24. The summed E-state index contributed by atoms with van der Waals surface area (Å²) < 4.78 is 5.91. The van der Waals surface area contributed by atoms with Crippen LogP contribution in [0.15, 0.2) is 66.7 Å². The Hall–Kier alpha value is -3.02. The summed E-state index contributed by atoms with van der Waals surface area (Å²) in [5, 5.41) is 3.69. The third-order valence-electron chi connectivity index (χ3n) is 5.87. The van der Waals surface area contributed by atoms with Gasteiger partial charge in [0.15, 0.2) is 6.61 Å². The number of aryl methyl sites for hydroxylation is 1. The van der Waals surface area contributed by atoms with Crippen LogP contribution >= 0.6 is 23.2 Å². The van der Waals surface area contributed by atoms with E-state index >= 15 is 0 Å². The number of halogens is 2. The Balaban J connectivity index is 1.93. The summed E-state index contributed by atoms with van der Waals surface area (Å²) in [5.41, 5.74) is 3.76. The van der Waals surface area contributed by atoms with E-state index in [2.05, 4.69) is 5.32 Å². The maximum atomic E-state index is 13.6. The molecule has 0 bridgehead atoms. The molecule has 5 nitrogen and oxygen atoms in total. The molecule has 35 heavy (non-hydrogen) atoms. The third kappa shape index (κ3) is 7.23. The molecular weight excluding hydrogens is 483 g/mol. The topological polar surface area (TPSA) is 58.6 Å². The fourth-order valence-electron chi connectivity index (χ4n) is 3.78. The molecule has 0 radical (unpaired) electrons. The van der Waals surface area contributed by atoms with Gasteiger partial charge < -0.3 is 15.0 Å². The predicted octanol–water partition coefficient (Wildman–Crippen LogP) is 5.77. The molecule has 0 aromatic heterocycles. The Bertz CT molecular complexity index is 1170. The van der Waals surface area contributed by atoms with E-state index < -0.39 is 6.04 Å². The second kappa shape index (κ2) is 12.6. The summed E-state index contributed by atoms with van der Waals surface area (Å²) in [4.78, 5) is 28.3. The fourth-order valence-corrected chi connectivity index (χ4v) is 4.10. The summed E-state index contributed by atoms with van der Waals surface area (Å²) >= 11 is 12.3. The van der Waals surface area contributed by atoms with Crippen LogP contribution in [0.4, 0.5) is 0 Å². The molecule has 0 saturated carbocycles. The highest BCUT2D eigenvalue weighted by molar-refractivity contribution is 6.42. The molecule has 0 aliphatic heterocycles. The van der Waals surface area contributed by atoms with E-state index in [4.69, 9.17) is 27.9 Å². The van der Waals surface area contributed by atoms with Gasteiger partial charge in [0.2, 0.25) is 5.91 Å². The average Bonchev–Trinajstić information content (AvgIpc) is 2.85. The first-order valence-corrected chi connectivity index (χ1v) is 12.3. The van der Waals surface area contributed by atoms with Crippen LogP contribution in [-0.2, 0) is 22.6 Å². The molecule has 3 aromatic carbocycles. The lowest BCUT2D eigenvalue weighted by Gasteiger charge is -2.31. The second-order valence-corrected chi connectivity index (χ2v) is 9.17. The Morgan fingerprint density at radius 2 is 1.69 bits per heavy atom. The number of benzene rings is 3. The molecule has 7 heteroatoms. The van der Waals surface area contributed by atoms with Gasteiger partial charge in [-0.05, 0) is 61.2 Å².